The number of pyridine rings is 1. The van der Waals surface area contributed by atoms with Crippen LogP contribution in [-0.2, 0) is 30.6 Å². The Morgan fingerprint density at radius 3 is 3.23 bits per heavy atom. The number of nitrogens with one attached hydrogen (secondary N) is 3. The SMILES string of the molecule is O=C(NCc1cnc2c(c1)CCC2)[C@H]1NCCc2[nH]cnc21. The van der Waals surface area contributed by atoms with Crippen molar-refractivity contribution >= 4 is 5.91 Å². The number of hydrogen-bond acceptors (Lipinski definition) is 4. The molecule has 1 atom stereocenters. The van der Waals surface area contributed by atoms with Crippen molar-refractivity contribution in [3.63, 3.8) is 0 Å². The monoisotopic (exact) mass is 297 g/mol. The number of amides is 1. The van der Waals surface area contributed by atoms with Crippen molar-refractivity contribution in [3.8, 4) is 0 Å². The van der Waals surface area contributed by atoms with E-state index in [4.69, 9.17) is 0 Å². The van der Waals surface area contributed by atoms with E-state index in [1.165, 1.54) is 17.7 Å². The fourth-order valence-electron chi connectivity index (χ4n) is 3.30. The van der Waals surface area contributed by atoms with E-state index in [1.807, 2.05) is 6.20 Å². The van der Waals surface area contributed by atoms with Crippen LogP contribution in [0, 0.1) is 0 Å². The minimum absolute atomic E-state index is 0.0338. The van der Waals surface area contributed by atoms with E-state index >= 15 is 0 Å². The summed E-state index contributed by atoms with van der Waals surface area (Å²) in [4.78, 5) is 24.3. The molecular formula is C16H19N5O. The Labute approximate surface area is 128 Å². The summed E-state index contributed by atoms with van der Waals surface area (Å²) in [5.74, 6) is -0.0338. The van der Waals surface area contributed by atoms with Crippen LogP contribution in [0.4, 0.5) is 0 Å². The number of H-pyrrole nitrogens is 1. The smallest absolute Gasteiger partial charge is 0.243 e. The lowest BCUT2D eigenvalue weighted by molar-refractivity contribution is -0.123. The molecule has 114 valence electrons. The number of aromatic nitrogens is 3. The van der Waals surface area contributed by atoms with Gasteiger partial charge in [-0.3, -0.25) is 9.78 Å². The molecule has 22 heavy (non-hydrogen) atoms. The van der Waals surface area contributed by atoms with Gasteiger partial charge in [0.25, 0.3) is 0 Å². The zero-order chi connectivity index (χ0) is 14.9. The standard InChI is InChI=1S/C16H19N5O/c22-16(15-14-13(4-5-17-15)20-9-21-14)19-8-10-6-11-2-1-3-12(11)18-7-10/h6-7,9,15,17H,1-5,8H2,(H,19,22)(H,20,21)/t15-/m0/s1. The van der Waals surface area contributed by atoms with E-state index in [9.17, 15) is 4.79 Å². The van der Waals surface area contributed by atoms with E-state index < -0.39 is 0 Å². The molecule has 1 aliphatic heterocycles. The topological polar surface area (TPSA) is 82.7 Å². The molecule has 4 rings (SSSR count). The molecule has 0 radical (unpaired) electrons. The van der Waals surface area contributed by atoms with E-state index in [-0.39, 0.29) is 11.9 Å². The maximum Gasteiger partial charge on any atom is 0.243 e. The molecule has 2 aliphatic rings. The van der Waals surface area contributed by atoms with Gasteiger partial charge in [-0.1, -0.05) is 6.07 Å². The van der Waals surface area contributed by atoms with Crippen LogP contribution in [-0.4, -0.2) is 27.4 Å². The van der Waals surface area contributed by atoms with Crippen LogP contribution in [0.5, 0.6) is 0 Å². The van der Waals surface area contributed by atoms with Crippen molar-refractivity contribution in [3.05, 3.63) is 46.8 Å². The molecule has 1 aliphatic carbocycles. The summed E-state index contributed by atoms with van der Waals surface area (Å²) in [7, 11) is 0. The maximum atomic E-state index is 12.4. The molecule has 2 aromatic heterocycles. The summed E-state index contributed by atoms with van der Waals surface area (Å²) >= 11 is 0. The Bertz CT molecular complexity index is 708. The van der Waals surface area contributed by atoms with E-state index in [0.717, 1.165) is 42.8 Å². The van der Waals surface area contributed by atoms with Crippen LogP contribution in [0.2, 0.25) is 0 Å². The number of carbonyl (C=O) groups excluding carboxylic acids is 1. The Balaban J connectivity index is 1.43. The summed E-state index contributed by atoms with van der Waals surface area (Å²) in [6, 6.07) is 1.81. The third kappa shape index (κ3) is 2.39. The molecule has 6 heteroatoms. The van der Waals surface area contributed by atoms with Gasteiger partial charge in [-0.25, -0.2) is 4.98 Å². The van der Waals surface area contributed by atoms with Gasteiger partial charge in [-0.2, -0.15) is 0 Å². The highest BCUT2D eigenvalue weighted by Crippen LogP contribution is 2.21. The van der Waals surface area contributed by atoms with Gasteiger partial charge in [0.2, 0.25) is 5.91 Å². The number of aromatic amines is 1. The van der Waals surface area contributed by atoms with E-state index in [0.29, 0.717) is 6.54 Å². The lowest BCUT2D eigenvalue weighted by Gasteiger charge is -2.22. The maximum absolute atomic E-state index is 12.4. The van der Waals surface area contributed by atoms with Gasteiger partial charge in [0.1, 0.15) is 6.04 Å². The average Bonchev–Trinajstić information content (AvgIpc) is 3.20. The lowest BCUT2D eigenvalue weighted by Crippen LogP contribution is -2.41. The number of rotatable bonds is 3. The molecule has 3 N–H and O–H groups in total. The molecule has 0 fully saturated rings. The predicted octanol–water partition coefficient (Wildman–Crippen LogP) is 0.797. The quantitative estimate of drug-likeness (QED) is 0.782. The summed E-state index contributed by atoms with van der Waals surface area (Å²) in [5.41, 5.74) is 5.48. The van der Waals surface area contributed by atoms with Gasteiger partial charge >= 0.3 is 0 Å². The Morgan fingerprint density at radius 2 is 2.27 bits per heavy atom. The van der Waals surface area contributed by atoms with Gasteiger partial charge in [0.05, 0.1) is 12.0 Å². The summed E-state index contributed by atoms with van der Waals surface area (Å²) in [5, 5.41) is 6.22. The Kier molecular flexibility index (Phi) is 3.38. The molecule has 0 aromatic carbocycles. The molecule has 2 aromatic rings. The molecule has 0 bridgehead atoms. The average molecular weight is 297 g/mol. The Morgan fingerprint density at radius 1 is 1.32 bits per heavy atom. The van der Waals surface area contributed by atoms with Crippen LogP contribution in [0.25, 0.3) is 0 Å². The lowest BCUT2D eigenvalue weighted by atomic mass is 10.0. The van der Waals surface area contributed by atoms with Crippen molar-refractivity contribution in [2.45, 2.75) is 38.3 Å². The highest BCUT2D eigenvalue weighted by atomic mass is 16.2. The second-order valence-corrected chi connectivity index (χ2v) is 5.92. The van der Waals surface area contributed by atoms with Gasteiger partial charge < -0.3 is 15.6 Å². The summed E-state index contributed by atoms with van der Waals surface area (Å²) in [6.45, 7) is 1.30. The van der Waals surface area contributed by atoms with Crippen molar-refractivity contribution in [1.29, 1.82) is 0 Å². The van der Waals surface area contributed by atoms with Gasteiger partial charge in [0, 0.05) is 37.1 Å². The van der Waals surface area contributed by atoms with Gasteiger partial charge in [-0.15, -0.1) is 0 Å². The van der Waals surface area contributed by atoms with Crippen LogP contribution < -0.4 is 10.6 Å². The number of imidazole rings is 1. The molecule has 3 heterocycles. The normalized spacial score (nSPS) is 19.5. The highest BCUT2D eigenvalue weighted by molar-refractivity contribution is 5.83. The van der Waals surface area contributed by atoms with Crippen molar-refractivity contribution in [2.75, 3.05) is 6.54 Å². The Hall–Kier alpha value is -2.21. The summed E-state index contributed by atoms with van der Waals surface area (Å²) < 4.78 is 0. The number of nitrogens with zero attached hydrogens (tertiary/aromatic N) is 2. The van der Waals surface area contributed by atoms with Gasteiger partial charge in [-0.05, 0) is 30.4 Å². The first-order chi connectivity index (χ1) is 10.8. The highest BCUT2D eigenvalue weighted by Gasteiger charge is 2.28. The van der Waals surface area contributed by atoms with E-state index in [2.05, 4.69) is 31.7 Å². The minimum atomic E-state index is -0.364. The second-order valence-electron chi connectivity index (χ2n) is 5.92. The largest absolute Gasteiger partial charge is 0.350 e. The number of fused-ring (bicyclic) bond motifs is 2. The third-order valence-corrected chi connectivity index (χ3v) is 4.45. The molecule has 6 nitrogen and oxygen atoms in total. The van der Waals surface area contributed by atoms with Crippen molar-refractivity contribution in [1.82, 2.24) is 25.6 Å². The first-order valence-electron chi connectivity index (χ1n) is 7.81. The zero-order valence-electron chi connectivity index (χ0n) is 12.4. The molecule has 0 saturated carbocycles. The zero-order valence-corrected chi connectivity index (χ0v) is 12.4. The number of aryl methyl sites for hydroxylation is 2. The first-order valence-corrected chi connectivity index (χ1v) is 7.81. The molecule has 0 spiro atoms. The number of hydrogen-bond donors (Lipinski definition) is 3. The molecule has 0 unspecified atom stereocenters. The van der Waals surface area contributed by atoms with Crippen LogP contribution >= 0.6 is 0 Å². The van der Waals surface area contributed by atoms with Crippen LogP contribution in [0.1, 0.15) is 40.7 Å². The first kappa shape index (κ1) is 13.5. The van der Waals surface area contributed by atoms with Crippen LogP contribution in [0.15, 0.2) is 18.6 Å². The molecule has 1 amide bonds. The number of carbonyl (C=O) groups is 1. The molecular weight excluding hydrogens is 278 g/mol. The fraction of sp³-hybridized carbons (Fsp3) is 0.438. The fourth-order valence-corrected chi connectivity index (χ4v) is 3.30. The molecule has 0 saturated heterocycles. The van der Waals surface area contributed by atoms with Crippen molar-refractivity contribution in [2.24, 2.45) is 0 Å². The second kappa shape index (κ2) is 5.53. The van der Waals surface area contributed by atoms with E-state index in [1.54, 1.807) is 6.33 Å². The van der Waals surface area contributed by atoms with Crippen molar-refractivity contribution < 1.29 is 4.79 Å². The van der Waals surface area contributed by atoms with Crippen LogP contribution in [0.3, 0.4) is 0 Å². The predicted molar refractivity (Wildman–Crippen MR) is 81.1 cm³/mol. The van der Waals surface area contributed by atoms with Gasteiger partial charge in [0.15, 0.2) is 0 Å². The third-order valence-electron chi connectivity index (χ3n) is 4.45. The minimum Gasteiger partial charge on any atom is -0.350 e. The summed E-state index contributed by atoms with van der Waals surface area (Å²) in [6.07, 6.45) is 7.78.